The zero-order chi connectivity index (χ0) is 29.9. The number of carbonyl (C=O) groups is 3. The first-order valence-corrected chi connectivity index (χ1v) is 16.9. The van der Waals surface area contributed by atoms with Crippen LogP contribution in [-0.2, 0) is 15.8 Å². The Kier molecular flexibility index (Phi) is 9.01. The van der Waals surface area contributed by atoms with Crippen LogP contribution in [0.3, 0.4) is 0 Å². The van der Waals surface area contributed by atoms with Gasteiger partial charge < -0.3 is 20.0 Å². The number of fused-ring (bicyclic) bond motifs is 1. The Bertz CT molecular complexity index is 1440. The Morgan fingerprint density at radius 1 is 1.10 bits per heavy atom. The number of hydrogen-bond donors (Lipinski definition) is 2. The van der Waals surface area contributed by atoms with Crippen LogP contribution in [0.2, 0.25) is 23.2 Å². The van der Waals surface area contributed by atoms with E-state index < -0.39 is 14.4 Å². The normalized spacial score (nSPS) is 15.7. The van der Waals surface area contributed by atoms with Crippen molar-refractivity contribution in [3.05, 3.63) is 88.1 Å². The number of aromatic nitrogens is 1. The highest BCUT2D eigenvalue weighted by Gasteiger charge is 2.39. The summed E-state index contributed by atoms with van der Waals surface area (Å²) in [5.74, 6) is -0.392. The summed E-state index contributed by atoms with van der Waals surface area (Å²) in [7, 11) is -2.05. The topological polar surface area (TPSA) is 101 Å². The van der Waals surface area contributed by atoms with E-state index in [4.69, 9.17) is 16.0 Å². The molecule has 1 aromatic heterocycles. The predicted molar refractivity (Wildman–Crippen MR) is 165 cm³/mol. The number of halogens is 1. The monoisotopic (exact) mass is 592 g/mol. The van der Waals surface area contributed by atoms with Gasteiger partial charge in [-0.25, -0.2) is 4.98 Å². The SMILES string of the molecule is Cc1ccc(NC(=O)c2ccc(CN3C(=O)c4ccc(Cl)cc4NC(=O)[C@H]3CCO[Si](C)(C)C(C)(C)C)cc2)nc1. The molecule has 4 rings (SSSR count). The average molecular weight is 593 g/mol. The summed E-state index contributed by atoms with van der Waals surface area (Å²) >= 11 is 6.17. The van der Waals surface area contributed by atoms with Crippen LogP contribution in [0.1, 0.15) is 59.0 Å². The lowest BCUT2D eigenvalue weighted by atomic mass is 10.1. The van der Waals surface area contributed by atoms with Crippen LogP contribution in [0.25, 0.3) is 0 Å². The molecule has 1 aliphatic heterocycles. The van der Waals surface area contributed by atoms with Gasteiger partial charge in [0.15, 0.2) is 8.32 Å². The summed E-state index contributed by atoms with van der Waals surface area (Å²) in [6, 6.07) is 14.7. The van der Waals surface area contributed by atoms with Crippen LogP contribution in [0.15, 0.2) is 60.8 Å². The molecule has 0 radical (unpaired) electrons. The predicted octanol–water partition coefficient (Wildman–Crippen LogP) is 6.67. The van der Waals surface area contributed by atoms with E-state index in [9.17, 15) is 14.4 Å². The molecular weight excluding hydrogens is 556 g/mol. The van der Waals surface area contributed by atoms with E-state index >= 15 is 0 Å². The standard InChI is InChI=1S/C31H37ClN4O4Si/c1-20-7-14-27(33-18-20)35-28(37)22-10-8-21(9-11-22)19-36-26(15-16-40-41(5,6)31(2,3)4)29(38)34-25-17-23(32)12-13-24(25)30(36)39/h7-14,17-18,26H,15-16,19H2,1-6H3,(H,34,38)(H,33,35,37)/t26-/m1/s1. The summed E-state index contributed by atoms with van der Waals surface area (Å²) in [6.07, 6.45) is 2.03. The molecule has 0 aliphatic carbocycles. The Morgan fingerprint density at radius 2 is 1.80 bits per heavy atom. The molecule has 216 valence electrons. The van der Waals surface area contributed by atoms with Crippen molar-refractivity contribution in [2.45, 2.75) is 64.8 Å². The number of anilines is 2. The highest BCUT2D eigenvalue weighted by molar-refractivity contribution is 6.74. The number of hydrogen-bond acceptors (Lipinski definition) is 5. The third-order valence-electron chi connectivity index (χ3n) is 7.79. The van der Waals surface area contributed by atoms with Gasteiger partial charge in [-0.05, 0) is 79.0 Å². The number of pyridine rings is 1. The van der Waals surface area contributed by atoms with Gasteiger partial charge in [-0.3, -0.25) is 14.4 Å². The van der Waals surface area contributed by atoms with Gasteiger partial charge in [-0.2, -0.15) is 0 Å². The van der Waals surface area contributed by atoms with Crippen LogP contribution < -0.4 is 10.6 Å². The molecule has 2 heterocycles. The van der Waals surface area contributed by atoms with Crippen LogP contribution in [0.4, 0.5) is 11.5 Å². The molecule has 1 atom stereocenters. The maximum atomic E-state index is 13.8. The quantitative estimate of drug-likeness (QED) is 0.284. The molecule has 0 bridgehead atoms. The van der Waals surface area contributed by atoms with Crippen LogP contribution >= 0.6 is 11.6 Å². The van der Waals surface area contributed by atoms with Crippen molar-refractivity contribution < 1.29 is 18.8 Å². The molecule has 41 heavy (non-hydrogen) atoms. The average Bonchev–Trinajstić information content (AvgIpc) is 2.99. The lowest BCUT2D eigenvalue weighted by Gasteiger charge is -2.37. The van der Waals surface area contributed by atoms with E-state index in [2.05, 4.69) is 49.5 Å². The fourth-order valence-electron chi connectivity index (χ4n) is 4.26. The van der Waals surface area contributed by atoms with E-state index in [1.807, 2.05) is 13.0 Å². The second-order valence-corrected chi connectivity index (χ2v) is 17.1. The van der Waals surface area contributed by atoms with Gasteiger partial charge in [0, 0.05) is 29.9 Å². The maximum absolute atomic E-state index is 13.8. The molecule has 1 aliphatic rings. The minimum absolute atomic E-state index is 0.0186. The highest BCUT2D eigenvalue weighted by Crippen LogP contribution is 2.37. The summed E-state index contributed by atoms with van der Waals surface area (Å²) in [5.41, 5.74) is 3.00. The van der Waals surface area contributed by atoms with Gasteiger partial charge in [-0.1, -0.05) is 50.6 Å². The van der Waals surface area contributed by atoms with Crippen LogP contribution in [-0.4, -0.2) is 48.6 Å². The Hall–Kier alpha value is -3.53. The zero-order valence-electron chi connectivity index (χ0n) is 24.4. The van der Waals surface area contributed by atoms with E-state index in [0.717, 1.165) is 11.1 Å². The molecule has 0 unspecified atom stereocenters. The van der Waals surface area contributed by atoms with E-state index in [0.29, 0.717) is 40.7 Å². The maximum Gasteiger partial charge on any atom is 0.256 e. The molecule has 0 saturated carbocycles. The first kappa shape index (κ1) is 30.4. The van der Waals surface area contributed by atoms with Crippen molar-refractivity contribution in [2.75, 3.05) is 17.2 Å². The number of amides is 3. The van der Waals surface area contributed by atoms with Crippen molar-refractivity contribution in [3.8, 4) is 0 Å². The van der Waals surface area contributed by atoms with Crippen molar-refractivity contribution in [1.29, 1.82) is 0 Å². The van der Waals surface area contributed by atoms with Gasteiger partial charge in [0.1, 0.15) is 11.9 Å². The smallest absolute Gasteiger partial charge is 0.256 e. The van der Waals surface area contributed by atoms with Crippen molar-refractivity contribution in [1.82, 2.24) is 9.88 Å². The number of benzene rings is 2. The minimum atomic E-state index is -2.05. The summed E-state index contributed by atoms with van der Waals surface area (Å²) in [4.78, 5) is 45.8. The largest absolute Gasteiger partial charge is 0.417 e. The number of nitrogens with one attached hydrogen (secondary N) is 2. The summed E-state index contributed by atoms with van der Waals surface area (Å²) in [5, 5.41) is 6.13. The first-order valence-electron chi connectivity index (χ1n) is 13.6. The molecule has 3 aromatic rings. The molecule has 0 fully saturated rings. The lowest BCUT2D eigenvalue weighted by molar-refractivity contribution is -0.121. The second-order valence-electron chi connectivity index (χ2n) is 11.9. The molecular formula is C31H37ClN4O4Si. The number of nitrogens with zero attached hydrogens (tertiary/aromatic N) is 2. The van der Waals surface area contributed by atoms with Gasteiger partial charge >= 0.3 is 0 Å². The number of rotatable bonds is 8. The molecule has 0 saturated heterocycles. The number of aryl methyl sites for hydroxylation is 1. The fraction of sp³-hybridized carbons (Fsp3) is 0.355. The van der Waals surface area contributed by atoms with E-state index in [1.165, 1.54) is 0 Å². The second kappa shape index (κ2) is 12.1. The van der Waals surface area contributed by atoms with Gasteiger partial charge in [-0.15, -0.1) is 0 Å². The molecule has 8 nitrogen and oxygen atoms in total. The summed E-state index contributed by atoms with van der Waals surface area (Å²) < 4.78 is 6.36. The van der Waals surface area contributed by atoms with Gasteiger partial charge in [0.2, 0.25) is 5.91 Å². The molecule has 0 spiro atoms. The lowest BCUT2D eigenvalue weighted by Crippen LogP contribution is -2.47. The fourth-order valence-corrected chi connectivity index (χ4v) is 5.49. The number of carbonyl (C=O) groups excluding carboxylic acids is 3. The van der Waals surface area contributed by atoms with Gasteiger partial charge in [0.25, 0.3) is 11.8 Å². The highest BCUT2D eigenvalue weighted by atomic mass is 35.5. The van der Waals surface area contributed by atoms with Crippen LogP contribution in [0, 0.1) is 6.92 Å². The third kappa shape index (κ3) is 7.22. The van der Waals surface area contributed by atoms with Gasteiger partial charge in [0.05, 0.1) is 11.3 Å². The zero-order valence-corrected chi connectivity index (χ0v) is 26.1. The van der Waals surface area contributed by atoms with Crippen molar-refractivity contribution in [2.24, 2.45) is 0 Å². The molecule has 2 N–H and O–H groups in total. The minimum Gasteiger partial charge on any atom is -0.417 e. The molecule has 3 amide bonds. The Morgan fingerprint density at radius 3 is 2.44 bits per heavy atom. The van der Waals surface area contributed by atoms with E-state index in [-0.39, 0.29) is 29.3 Å². The molecule has 10 heteroatoms. The summed E-state index contributed by atoms with van der Waals surface area (Å²) in [6.45, 7) is 13.3. The van der Waals surface area contributed by atoms with Crippen molar-refractivity contribution >= 4 is 49.1 Å². The Labute approximate surface area is 247 Å². The van der Waals surface area contributed by atoms with Crippen LogP contribution in [0.5, 0.6) is 0 Å². The third-order valence-corrected chi connectivity index (χ3v) is 12.6. The van der Waals surface area contributed by atoms with Crippen molar-refractivity contribution in [3.63, 3.8) is 0 Å². The Balaban J connectivity index is 1.55. The van der Waals surface area contributed by atoms with E-state index in [1.54, 1.807) is 59.6 Å². The first-order chi connectivity index (χ1) is 19.2. The molecule has 2 aromatic carbocycles.